The van der Waals surface area contributed by atoms with Crippen molar-refractivity contribution in [2.24, 2.45) is 0 Å². The number of hydrogen-bond donors (Lipinski definition) is 1. The molecule has 1 N–H and O–H groups in total. The summed E-state index contributed by atoms with van der Waals surface area (Å²) in [5, 5.41) is 1.99. The molecule has 1 atom stereocenters. The Bertz CT molecular complexity index is 1020. The Kier molecular flexibility index (Phi) is 6.38. The zero-order chi connectivity index (χ0) is 20.4. The maximum Gasteiger partial charge on any atom is 0.137 e. The van der Waals surface area contributed by atoms with Gasteiger partial charge in [-0.15, -0.1) is 0 Å². The molecule has 0 saturated carbocycles. The fourth-order valence-corrected chi connectivity index (χ4v) is 5.57. The second-order valence-corrected chi connectivity index (χ2v) is 9.46. The Labute approximate surface area is 186 Å². The van der Waals surface area contributed by atoms with E-state index in [2.05, 4.69) is 41.1 Å². The molecule has 6 heteroatoms. The summed E-state index contributed by atoms with van der Waals surface area (Å²) in [5.74, 6) is 1.93. The molecule has 1 aliphatic heterocycles. The van der Waals surface area contributed by atoms with Crippen LogP contribution in [0.5, 0.6) is 5.75 Å². The second kappa shape index (κ2) is 8.99. The average molecular weight is 445 g/mol. The molecule has 0 amide bonds. The Hall–Kier alpha value is -1.69. The van der Waals surface area contributed by atoms with Crippen LogP contribution in [0.1, 0.15) is 42.6 Å². The van der Waals surface area contributed by atoms with Crippen LogP contribution >= 0.6 is 35.6 Å². The number of hydrogen-bond acceptors (Lipinski definition) is 3. The number of thiocarbonyl (C=S) groups is 1. The molecule has 0 fully saturated rings. The van der Waals surface area contributed by atoms with E-state index in [0.717, 1.165) is 39.3 Å². The Morgan fingerprint density at radius 1 is 1.28 bits per heavy atom. The molecule has 1 aromatic heterocycles. The van der Waals surface area contributed by atoms with Crippen LogP contribution in [-0.2, 0) is 6.42 Å². The van der Waals surface area contributed by atoms with Crippen molar-refractivity contribution in [1.29, 1.82) is 0 Å². The van der Waals surface area contributed by atoms with E-state index in [-0.39, 0.29) is 6.04 Å². The summed E-state index contributed by atoms with van der Waals surface area (Å²) >= 11 is 14.0. The van der Waals surface area contributed by atoms with Crippen molar-refractivity contribution in [2.45, 2.75) is 32.2 Å². The fraction of sp³-hybridized carbons (Fsp3) is 0.348. The van der Waals surface area contributed by atoms with E-state index in [0.29, 0.717) is 0 Å². The number of benzene rings is 2. The van der Waals surface area contributed by atoms with Crippen molar-refractivity contribution in [1.82, 2.24) is 9.88 Å². The van der Waals surface area contributed by atoms with Crippen LogP contribution in [-0.4, -0.2) is 33.6 Å². The van der Waals surface area contributed by atoms with Crippen molar-refractivity contribution < 1.29 is 4.74 Å². The van der Waals surface area contributed by atoms with Gasteiger partial charge in [-0.3, -0.25) is 0 Å². The smallest absolute Gasteiger partial charge is 0.137 e. The normalized spacial score (nSPS) is 16.1. The van der Waals surface area contributed by atoms with Gasteiger partial charge in [-0.05, 0) is 54.3 Å². The maximum absolute atomic E-state index is 6.29. The van der Waals surface area contributed by atoms with Crippen molar-refractivity contribution in [2.75, 3.05) is 19.4 Å². The van der Waals surface area contributed by atoms with E-state index in [4.69, 9.17) is 28.6 Å². The van der Waals surface area contributed by atoms with E-state index in [1.165, 1.54) is 35.0 Å². The highest BCUT2D eigenvalue weighted by molar-refractivity contribution is 8.22. The molecule has 29 heavy (non-hydrogen) atoms. The summed E-state index contributed by atoms with van der Waals surface area (Å²) in [4.78, 5) is 6.04. The highest BCUT2D eigenvalue weighted by Gasteiger charge is 2.33. The number of nitrogens with zero attached hydrogens (tertiary/aromatic N) is 1. The number of halogens is 1. The lowest BCUT2D eigenvalue weighted by molar-refractivity contribution is 0.345. The van der Waals surface area contributed by atoms with Gasteiger partial charge in [0.2, 0.25) is 0 Å². The van der Waals surface area contributed by atoms with Gasteiger partial charge in [-0.2, -0.15) is 0 Å². The van der Waals surface area contributed by atoms with Crippen molar-refractivity contribution in [3.63, 3.8) is 0 Å². The molecule has 2 heterocycles. The third-order valence-electron chi connectivity index (χ3n) is 5.48. The first kappa shape index (κ1) is 20.6. The van der Waals surface area contributed by atoms with Gasteiger partial charge >= 0.3 is 0 Å². The summed E-state index contributed by atoms with van der Waals surface area (Å²) < 4.78 is 6.33. The first-order valence-electron chi connectivity index (χ1n) is 9.99. The molecule has 3 aromatic rings. The second-order valence-electron chi connectivity index (χ2n) is 7.29. The number of rotatable bonds is 5. The molecule has 2 aromatic carbocycles. The monoisotopic (exact) mass is 444 g/mol. The molecule has 1 aliphatic rings. The minimum atomic E-state index is 0.0671. The van der Waals surface area contributed by atoms with Gasteiger partial charge in [0, 0.05) is 33.9 Å². The number of unbranched alkanes of at least 4 members (excludes halogenated alkanes) is 1. The number of H-pyrrole nitrogens is 1. The van der Waals surface area contributed by atoms with E-state index >= 15 is 0 Å². The molecule has 3 nitrogen and oxygen atoms in total. The van der Waals surface area contributed by atoms with E-state index < -0.39 is 0 Å². The lowest BCUT2D eigenvalue weighted by Crippen LogP contribution is -2.38. The highest BCUT2D eigenvalue weighted by atomic mass is 35.5. The number of fused-ring (bicyclic) bond motifs is 3. The number of ether oxygens (including phenoxy) is 1. The topological polar surface area (TPSA) is 28.3 Å². The Balaban J connectivity index is 1.77. The SMILES string of the molecule is CCCCSC(=S)N1CCc2c([nH]c3ccc(Cl)cc23)C1c1ccc(OC)cc1. The van der Waals surface area contributed by atoms with Gasteiger partial charge in [-0.1, -0.05) is 61.1 Å². The van der Waals surface area contributed by atoms with Gasteiger partial charge in [0.15, 0.2) is 0 Å². The van der Waals surface area contributed by atoms with Crippen LogP contribution in [0.25, 0.3) is 10.9 Å². The molecule has 152 valence electrons. The predicted octanol–water partition coefficient (Wildman–Crippen LogP) is 6.60. The molecule has 0 spiro atoms. The molecule has 0 radical (unpaired) electrons. The molecular formula is C23H25ClN2OS2. The summed E-state index contributed by atoms with van der Waals surface area (Å²) in [6.45, 7) is 3.12. The Morgan fingerprint density at radius 3 is 2.79 bits per heavy atom. The summed E-state index contributed by atoms with van der Waals surface area (Å²) in [6.07, 6.45) is 3.32. The minimum Gasteiger partial charge on any atom is -0.497 e. The lowest BCUT2D eigenvalue weighted by Gasteiger charge is -2.37. The predicted molar refractivity (Wildman–Crippen MR) is 129 cm³/mol. The molecular weight excluding hydrogens is 420 g/mol. The van der Waals surface area contributed by atoms with Crippen LogP contribution in [0.3, 0.4) is 0 Å². The quantitative estimate of drug-likeness (QED) is 0.354. The van der Waals surface area contributed by atoms with Crippen LogP contribution in [0.4, 0.5) is 0 Å². The first-order valence-corrected chi connectivity index (χ1v) is 11.8. The Morgan fingerprint density at radius 2 is 2.07 bits per heavy atom. The third kappa shape index (κ3) is 4.14. The van der Waals surface area contributed by atoms with E-state index in [9.17, 15) is 0 Å². The molecule has 0 bridgehead atoms. The van der Waals surface area contributed by atoms with Gasteiger partial charge in [-0.25, -0.2) is 0 Å². The zero-order valence-electron chi connectivity index (χ0n) is 16.7. The highest BCUT2D eigenvalue weighted by Crippen LogP contribution is 2.40. The van der Waals surface area contributed by atoms with Crippen LogP contribution < -0.4 is 4.74 Å². The summed E-state index contributed by atoms with van der Waals surface area (Å²) in [6, 6.07) is 14.5. The van der Waals surface area contributed by atoms with Crippen molar-refractivity contribution in [3.8, 4) is 5.75 Å². The van der Waals surface area contributed by atoms with Crippen molar-refractivity contribution >= 4 is 50.8 Å². The van der Waals surface area contributed by atoms with Gasteiger partial charge in [0.05, 0.1) is 13.2 Å². The average Bonchev–Trinajstić information content (AvgIpc) is 3.11. The van der Waals surface area contributed by atoms with Crippen LogP contribution in [0.2, 0.25) is 5.02 Å². The minimum absolute atomic E-state index is 0.0671. The standard InChI is InChI=1S/C23H25ClN2OS2/c1-3-4-13-29-23(28)26-12-11-18-19-14-16(24)7-10-20(19)25-21(18)22(26)15-5-8-17(27-2)9-6-15/h5-10,14,22,25H,3-4,11-13H2,1-2H3. The first-order chi connectivity index (χ1) is 14.1. The summed E-state index contributed by atoms with van der Waals surface area (Å²) in [5.41, 5.74) is 4.91. The third-order valence-corrected chi connectivity index (χ3v) is 7.28. The number of thioether (sulfide) groups is 1. The molecule has 4 rings (SSSR count). The van der Waals surface area contributed by atoms with Gasteiger partial charge in [0.1, 0.15) is 10.1 Å². The zero-order valence-corrected chi connectivity index (χ0v) is 19.1. The molecule has 0 saturated heterocycles. The van der Waals surface area contributed by atoms with Gasteiger partial charge < -0.3 is 14.6 Å². The van der Waals surface area contributed by atoms with E-state index in [1.807, 2.05) is 18.2 Å². The fourth-order valence-electron chi connectivity index (χ4n) is 3.98. The summed E-state index contributed by atoms with van der Waals surface area (Å²) in [7, 11) is 1.70. The van der Waals surface area contributed by atoms with Crippen LogP contribution in [0.15, 0.2) is 42.5 Å². The number of aromatic amines is 1. The number of nitrogens with one attached hydrogen (secondary N) is 1. The molecule has 0 aliphatic carbocycles. The van der Waals surface area contributed by atoms with Crippen LogP contribution in [0, 0.1) is 0 Å². The van der Waals surface area contributed by atoms with E-state index in [1.54, 1.807) is 18.9 Å². The van der Waals surface area contributed by atoms with Gasteiger partial charge in [0.25, 0.3) is 0 Å². The number of methoxy groups -OCH3 is 1. The number of aromatic nitrogens is 1. The lowest BCUT2D eigenvalue weighted by atomic mass is 9.93. The molecule has 1 unspecified atom stereocenters. The maximum atomic E-state index is 6.29. The van der Waals surface area contributed by atoms with Crippen molar-refractivity contribution in [3.05, 3.63) is 64.3 Å². The largest absolute Gasteiger partial charge is 0.497 e.